The molecule has 2 rings (SSSR count). The number of rotatable bonds is 7. The molecule has 0 aromatic carbocycles. The fourth-order valence-electron chi connectivity index (χ4n) is 3.08. The van der Waals surface area contributed by atoms with Crippen LogP contribution < -0.4 is 11.2 Å². The highest BCUT2D eigenvalue weighted by molar-refractivity contribution is 7.20. The highest BCUT2D eigenvalue weighted by Gasteiger charge is 2.29. The first-order chi connectivity index (χ1) is 15.1. The molecule has 184 valence electrons. The predicted molar refractivity (Wildman–Crippen MR) is 119 cm³/mol. The Hall–Kier alpha value is -2.67. The Labute approximate surface area is 191 Å². The minimum atomic E-state index is -4.50. The summed E-state index contributed by atoms with van der Waals surface area (Å²) < 4.78 is 45.7. The van der Waals surface area contributed by atoms with Crippen molar-refractivity contribution in [2.24, 2.45) is 5.10 Å². The van der Waals surface area contributed by atoms with Gasteiger partial charge in [0.2, 0.25) is 0 Å². The van der Waals surface area contributed by atoms with Gasteiger partial charge in [0.25, 0.3) is 5.56 Å². The van der Waals surface area contributed by atoms with Crippen molar-refractivity contribution in [1.29, 1.82) is 0 Å². The maximum absolute atomic E-state index is 13.1. The molecule has 2 aromatic heterocycles. The van der Waals surface area contributed by atoms with Crippen LogP contribution in [0.15, 0.2) is 14.7 Å². The van der Waals surface area contributed by atoms with Crippen molar-refractivity contribution in [2.75, 3.05) is 7.11 Å². The SMILES string of the molecule is COC(C)Cn1c(=O)c2c(C)c(C=NN(C(=O)O)C(C)(C)C)sc2n(CCC(F)(F)F)c1=O. The Morgan fingerprint density at radius 2 is 1.88 bits per heavy atom. The normalized spacial score (nSPS) is 13.7. The average Bonchev–Trinajstić information content (AvgIpc) is 2.99. The first-order valence-electron chi connectivity index (χ1n) is 10.0. The fourth-order valence-corrected chi connectivity index (χ4v) is 4.27. The molecular weight excluding hydrogens is 465 g/mol. The summed E-state index contributed by atoms with van der Waals surface area (Å²) in [5.41, 5.74) is -1.98. The van der Waals surface area contributed by atoms with Crippen molar-refractivity contribution in [2.45, 2.75) is 71.9 Å². The van der Waals surface area contributed by atoms with Gasteiger partial charge in [0.05, 0.1) is 41.1 Å². The van der Waals surface area contributed by atoms with Crippen LogP contribution in [-0.2, 0) is 17.8 Å². The number of hydrogen-bond donors (Lipinski definition) is 1. The number of carboxylic acid groups (broad SMARTS) is 1. The number of carbonyl (C=O) groups is 1. The molecule has 0 radical (unpaired) electrons. The molecule has 2 heterocycles. The molecule has 0 fully saturated rings. The van der Waals surface area contributed by atoms with Crippen molar-refractivity contribution < 1.29 is 27.8 Å². The van der Waals surface area contributed by atoms with Gasteiger partial charge >= 0.3 is 18.0 Å². The van der Waals surface area contributed by atoms with Gasteiger partial charge in [0.1, 0.15) is 4.83 Å². The van der Waals surface area contributed by atoms with Crippen molar-refractivity contribution in [1.82, 2.24) is 14.1 Å². The summed E-state index contributed by atoms with van der Waals surface area (Å²) in [4.78, 5) is 38.1. The molecule has 0 aliphatic rings. The summed E-state index contributed by atoms with van der Waals surface area (Å²) in [6.07, 6.45) is -6.34. The molecule has 1 N–H and O–H groups in total. The predicted octanol–water partition coefficient (Wildman–Crippen LogP) is 3.63. The second kappa shape index (κ2) is 9.67. The summed E-state index contributed by atoms with van der Waals surface area (Å²) in [7, 11) is 1.39. The Morgan fingerprint density at radius 3 is 2.36 bits per heavy atom. The van der Waals surface area contributed by atoms with E-state index in [0.717, 1.165) is 25.5 Å². The number of methoxy groups -OCH3 is 1. The summed E-state index contributed by atoms with van der Waals surface area (Å²) in [6, 6.07) is 0. The van der Waals surface area contributed by atoms with E-state index in [0.29, 0.717) is 10.4 Å². The number of aryl methyl sites for hydroxylation is 2. The number of thiophene rings is 1. The smallest absolute Gasteiger partial charge is 0.428 e. The van der Waals surface area contributed by atoms with E-state index in [1.54, 1.807) is 34.6 Å². The quantitative estimate of drug-likeness (QED) is 0.469. The van der Waals surface area contributed by atoms with E-state index in [9.17, 15) is 32.7 Å². The average molecular weight is 493 g/mol. The number of hydrogen-bond acceptors (Lipinski definition) is 6. The van der Waals surface area contributed by atoms with Gasteiger partial charge in [-0.05, 0) is 40.2 Å². The first-order valence-corrected chi connectivity index (χ1v) is 10.8. The molecule has 1 atom stereocenters. The number of aromatic nitrogens is 2. The third kappa shape index (κ3) is 6.02. The van der Waals surface area contributed by atoms with Crippen molar-refractivity contribution in [3.8, 4) is 0 Å². The minimum absolute atomic E-state index is 0.0761. The number of hydrazone groups is 1. The zero-order chi connectivity index (χ0) is 25.3. The van der Waals surface area contributed by atoms with E-state index >= 15 is 0 Å². The number of alkyl halides is 3. The Morgan fingerprint density at radius 1 is 1.27 bits per heavy atom. The molecular formula is C20H27F3N4O5S. The van der Waals surface area contributed by atoms with Gasteiger partial charge in [0.15, 0.2) is 0 Å². The maximum atomic E-state index is 13.1. The highest BCUT2D eigenvalue weighted by Crippen LogP contribution is 2.28. The number of halogens is 3. The van der Waals surface area contributed by atoms with Crippen molar-refractivity contribution in [3.05, 3.63) is 31.3 Å². The van der Waals surface area contributed by atoms with E-state index in [2.05, 4.69) is 5.10 Å². The topological polar surface area (TPSA) is 106 Å². The van der Waals surface area contributed by atoms with E-state index in [1.165, 1.54) is 13.3 Å². The van der Waals surface area contributed by atoms with Crippen LogP contribution in [0.5, 0.6) is 0 Å². The molecule has 0 aliphatic heterocycles. The molecule has 0 saturated heterocycles. The van der Waals surface area contributed by atoms with E-state index in [-0.39, 0.29) is 16.8 Å². The third-order valence-electron chi connectivity index (χ3n) is 4.90. The van der Waals surface area contributed by atoms with Crippen LogP contribution in [0.3, 0.4) is 0 Å². The lowest BCUT2D eigenvalue weighted by Gasteiger charge is -2.27. The van der Waals surface area contributed by atoms with Crippen LogP contribution in [0.25, 0.3) is 10.2 Å². The molecule has 33 heavy (non-hydrogen) atoms. The number of fused-ring (bicyclic) bond motifs is 1. The van der Waals surface area contributed by atoms with Crippen LogP contribution in [0.1, 0.15) is 44.6 Å². The zero-order valence-corrected chi connectivity index (χ0v) is 20.0. The number of amides is 1. The number of nitrogens with zero attached hydrogens (tertiary/aromatic N) is 4. The standard InChI is InChI=1S/C20H27F3N4O5S/c1-11(32-6)10-26-15(28)14-12(2)13(9-24-27(18(30)31)19(3,4)5)33-16(14)25(17(26)29)8-7-20(21,22)23/h9,11H,7-8,10H2,1-6H3,(H,30,31). The maximum Gasteiger partial charge on any atom is 0.428 e. The summed E-state index contributed by atoms with van der Waals surface area (Å²) >= 11 is 0.909. The molecule has 2 aromatic rings. The highest BCUT2D eigenvalue weighted by atomic mass is 32.1. The molecule has 13 heteroatoms. The minimum Gasteiger partial charge on any atom is -0.464 e. The van der Waals surface area contributed by atoms with Gasteiger partial charge in [-0.2, -0.15) is 23.3 Å². The van der Waals surface area contributed by atoms with Gasteiger partial charge in [-0.1, -0.05) is 0 Å². The van der Waals surface area contributed by atoms with Gasteiger partial charge in [-0.15, -0.1) is 11.3 Å². The Kier molecular flexibility index (Phi) is 7.79. The van der Waals surface area contributed by atoms with Crippen molar-refractivity contribution in [3.63, 3.8) is 0 Å². The Balaban J connectivity index is 2.75. The summed E-state index contributed by atoms with van der Waals surface area (Å²) in [5, 5.41) is 14.3. The van der Waals surface area contributed by atoms with Crippen LogP contribution >= 0.6 is 11.3 Å². The molecule has 1 unspecified atom stereocenters. The van der Waals surface area contributed by atoms with Gasteiger partial charge in [-0.25, -0.2) is 9.59 Å². The zero-order valence-electron chi connectivity index (χ0n) is 19.2. The lowest BCUT2D eigenvalue weighted by atomic mass is 10.1. The lowest BCUT2D eigenvalue weighted by molar-refractivity contribution is -0.136. The second-order valence-electron chi connectivity index (χ2n) is 8.54. The Bertz CT molecular complexity index is 1170. The molecule has 0 saturated carbocycles. The van der Waals surface area contributed by atoms with Crippen LogP contribution in [0.2, 0.25) is 0 Å². The summed E-state index contributed by atoms with van der Waals surface area (Å²) in [5.74, 6) is 0. The van der Waals surface area contributed by atoms with Crippen molar-refractivity contribution >= 4 is 33.9 Å². The lowest BCUT2D eigenvalue weighted by Crippen LogP contribution is -2.42. The molecule has 0 spiro atoms. The fraction of sp³-hybridized carbons (Fsp3) is 0.600. The monoisotopic (exact) mass is 492 g/mol. The van der Waals surface area contributed by atoms with Crippen LogP contribution in [-0.4, -0.2) is 56.5 Å². The third-order valence-corrected chi connectivity index (χ3v) is 6.15. The molecule has 9 nitrogen and oxygen atoms in total. The largest absolute Gasteiger partial charge is 0.464 e. The van der Waals surface area contributed by atoms with Gasteiger partial charge in [0, 0.05) is 13.7 Å². The van der Waals surface area contributed by atoms with Gasteiger partial charge in [-0.3, -0.25) is 13.9 Å². The van der Waals surface area contributed by atoms with E-state index in [4.69, 9.17) is 4.74 Å². The summed E-state index contributed by atoms with van der Waals surface area (Å²) in [6.45, 7) is 7.32. The van der Waals surface area contributed by atoms with E-state index in [1.807, 2.05) is 0 Å². The number of ether oxygens (including phenoxy) is 1. The molecule has 0 aliphatic carbocycles. The van der Waals surface area contributed by atoms with Gasteiger partial charge < -0.3 is 9.84 Å². The van der Waals surface area contributed by atoms with Crippen LogP contribution in [0.4, 0.5) is 18.0 Å². The van der Waals surface area contributed by atoms with E-state index < -0.39 is 48.1 Å². The second-order valence-corrected chi connectivity index (χ2v) is 9.57. The molecule has 1 amide bonds. The first kappa shape index (κ1) is 26.6. The van der Waals surface area contributed by atoms with Crippen LogP contribution in [0, 0.1) is 6.92 Å². The molecule has 0 bridgehead atoms.